The zero-order valence-electron chi connectivity index (χ0n) is 13.2. The van der Waals surface area contributed by atoms with Gasteiger partial charge in [-0.2, -0.15) is 5.10 Å². The molecule has 1 aromatic heterocycles. The highest BCUT2D eigenvalue weighted by molar-refractivity contribution is 5.85. The van der Waals surface area contributed by atoms with E-state index in [2.05, 4.69) is 5.10 Å². The van der Waals surface area contributed by atoms with Gasteiger partial charge in [0.05, 0.1) is 18.2 Å². The second-order valence-corrected chi connectivity index (χ2v) is 6.06. The summed E-state index contributed by atoms with van der Waals surface area (Å²) in [7, 11) is 0. The smallest absolute Gasteiger partial charge is 0.311 e. The molecule has 0 saturated carbocycles. The molecule has 2 fully saturated rings. The number of halogens is 1. The summed E-state index contributed by atoms with van der Waals surface area (Å²) in [6.45, 7) is 8.26. The second-order valence-electron chi connectivity index (χ2n) is 6.06. The molecule has 0 bridgehead atoms. The third-order valence-electron chi connectivity index (χ3n) is 4.82. The molecule has 7 heteroatoms. The van der Waals surface area contributed by atoms with E-state index in [1.54, 1.807) is 4.90 Å². The van der Waals surface area contributed by atoms with Gasteiger partial charge >= 0.3 is 5.97 Å². The molecule has 2 saturated heterocycles. The Morgan fingerprint density at radius 2 is 2.05 bits per heavy atom. The van der Waals surface area contributed by atoms with Gasteiger partial charge in [-0.05, 0) is 26.3 Å². The second kappa shape index (κ2) is 6.28. The maximum atomic E-state index is 12.3. The van der Waals surface area contributed by atoms with Crippen molar-refractivity contribution < 1.29 is 14.3 Å². The summed E-state index contributed by atoms with van der Waals surface area (Å²) in [5, 5.41) is 4.45. The first-order valence-electron chi connectivity index (χ1n) is 7.42. The Morgan fingerprint density at radius 1 is 1.32 bits per heavy atom. The summed E-state index contributed by atoms with van der Waals surface area (Å²) in [5.74, 6) is 0.0362. The Hall–Kier alpha value is -1.56. The predicted molar refractivity (Wildman–Crippen MR) is 82.8 cm³/mol. The van der Waals surface area contributed by atoms with Crippen LogP contribution in [-0.4, -0.2) is 46.3 Å². The van der Waals surface area contributed by atoms with Crippen LogP contribution in [0.1, 0.15) is 23.4 Å². The molecule has 3 heterocycles. The standard InChI is InChI=1S/C15H21N3O3.ClH/c1-9-10(2)16-18(11(9)3)5-4-14(19)17-6-12-8-21-15(20)13(12)7-17;/h12-13H,4-8H2,1-3H3;1H/t12-,13-;/m1./s1. The number of amides is 1. The molecule has 3 rings (SSSR count). The average Bonchev–Trinajstić information content (AvgIpc) is 3.09. The number of nitrogens with zero attached hydrogens (tertiary/aromatic N) is 3. The highest BCUT2D eigenvalue weighted by atomic mass is 35.5. The summed E-state index contributed by atoms with van der Waals surface area (Å²) >= 11 is 0. The molecule has 0 aliphatic carbocycles. The number of rotatable bonds is 3. The third kappa shape index (κ3) is 2.84. The molecular formula is C15H22ClN3O3. The zero-order chi connectivity index (χ0) is 15.1. The van der Waals surface area contributed by atoms with Crippen molar-refractivity contribution in [3.05, 3.63) is 17.0 Å². The van der Waals surface area contributed by atoms with E-state index in [4.69, 9.17) is 4.74 Å². The maximum Gasteiger partial charge on any atom is 0.311 e. The van der Waals surface area contributed by atoms with Crippen LogP contribution in [0.15, 0.2) is 0 Å². The summed E-state index contributed by atoms with van der Waals surface area (Å²) in [4.78, 5) is 25.6. The molecule has 2 aliphatic rings. The van der Waals surface area contributed by atoms with Gasteiger partial charge in [0.2, 0.25) is 5.91 Å². The van der Waals surface area contributed by atoms with Gasteiger partial charge < -0.3 is 9.64 Å². The van der Waals surface area contributed by atoms with E-state index in [9.17, 15) is 9.59 Å². The van der Waals surface area contributed by atoms with E-state index in [1.165, 1.54) is 5.56 Å². The fourth-order valence-electron chi connectivity index (χ4n) is 3.17. The van der Waals surface area contributed by atoms with E-state index in [1.807, 2.05) is 25.5 Å². The number of aryl methyl sites for hydroxylation is 2. The molecule has 1 amide bonds. The molecule has 6 nitrogen and oxygen atoms in total. The number of fused-ring (bicyclic) bond motifs is 1. The molecule has 0 unspecified atom stereocenters. The van der Waals surface area contributed by atoms with Gasteiger partial charge in [0, 0.05) is 37.7 Å². The van der Waals surface area contributed by atoms with Crippen molar-refractivity contribution in [2.75, 3.05) is 19.7 Å². The molecule has 2 aliphatic heterocycles. The topological polar surface area (TPSA) is 64.4 Å². The first kappa shape index (κ1) is 16.8. The largest absolute Gasteiger partial charge is 0.465 e. The number of esters is 1. The van der Waals surface area contributed by atoms with E-state index >= 15 is 0 Å². The minimum absolute atomic E-state index is 0. The molecule has 22 heavy (non-hydrogen) atoms. The molecule has 0 N–H and O–H groups in total. The molecule has 122 valence electrons. The SMILES string of the molecule is Cc1nn(CCC(=O)N2C[C@@H]3COC(=O)[C@@H]3C2)c(C)c1C.Cl. The van der Waals surface area contributed by atoms with Gasteiger partial charge in [-0.3, -0.25) is 14.3 Å². The van der Waals surface area contributed by atoms with Crippen molar-refractivity contribution in [1.82, 2.24) is 14.7 Å². The lowest BCUT2D eigenvalue weighted by atomic mass is 10.0. The van der Waals surface area contributed by atoms with Crippen LogP contribution >= 0.6 is 12.4 Å². The van der Waals surface area contributed by atoms with Gasteiger partial charge in [0.15, 0.2) is 0 Å². The number of ether oxygens (including phenoxy) is 1. The number of carbonyl (C=O) groups is 2. The number of likely N-dealkylation sites (tertiary alicyclic amines) is 1. The molecule has 2 atom stereocenters. The normalized spacial score (nSPS) is 23.2. The van der Waals surface area contributed by atoms with Gasteiger partial charge in [-0.1, -0.05) is 0 Å². The van der Waals surface area contributed by atoms with Crippen LogP contribution in [0.25, 0.3) is 0 Å². The lowest BCUT2D eigenvalue weighted by molar-refractivity contribution is -0.142. The van der Waals surface area contributed by atoms with Gasteiger partial charge in [0.1, 0.15) is 0 Å². The summed E-state index contributed by atoms with van der Waals surface area (Å²) in [5.41, 5.74) is 3.31. The highest BCUT2D eigenvalue weighted by Crippen LogP contribution is 2.30. The number of hydrogen-bond donors (Lipinski definition) is 0. The Morgan fingerprint density at radius 3 is 2.64 bits per heavy atom. The first-order valence-corrected chi connectivity index (χ1v) is 7.42. The fraction of sp³-hybridized carbons (Fsp3) is 0.667. The summed E-state index contributed by atoms with van der Waals surface area (Å²) < 4.78 is 6.91. The Bertz CT molecular complexity index is 599. The van der Waals surface area contributed by atoms with Crippen molar-refractivity contribution in [2.24, 2.45) is 11.8 Å². The number of aromatic nitrogens is 2. The van der Waals surface area contributed by atoms with Crippen molar-refractivity contribution >= 4 is 24.3 Å². The molecule has 0 radical (unpaired) electrons. The number of hydrogen-bond acceptors (Lipinski definition) is 4. The van der Waals surface area contributed by atoms with Crippen molar-refractivity contribution in [2.45, 2.75) is 33.7 Å². The molecule has 0 spiro atoms. The van der Waals surface area contributed by atoms with E-state index in [0.717, 1.165) is 11.4 Å². The number of cyclic esters (lactones) is 1. The van der Waals surface area contributed by atoms with Crippen molar-refractivity contribution in [1.29, 1.82) is 0 Å². The van der Waals surface area contributed by atoms with Crippen LogP contribution in [-0.2, 0) is 20.9 Å². The molecular weight excluding hydrogens is 306 g/mol. The van der Waals surface area contributed by atoms with Crippen molar-refractivity contribution in [3.63, 3.8) is 0 Å². The summed E-state index contributed by atoms with van der Waals surface area (Å²) in [6, 6.07) is 0. The minimum Gasteiger partial charge on any atom is -0.465 e. The predicted octanol–water partition coefficient (Wildman–Crippen LogP) is 1.25. The maximum absolute atomic E-state index is 12.3. The third-order valence-corrected chi connectivity index (χ3v) is 4.82. The fourth-order valence-corrected chi connectivity index (χ4v) is 3.17. The lowest BCUT2D eigenvalue weighted by Gasteiger charge is -2.17. The van der Waals surface area contributed by atoms with Crippen LogP contribution in [0.2, 0.25) is 0 Å². The van der Waals surface area contributed by atoms with Crippen LogP contribution in [0.5, 0.6) is 0 Å². The van der Waals surface area contributed by atoms with Crippen LogP contribution in [0.4, 0.5) is 0 Å². The van der Waals surface area contributed by atoms with Crippen molar-refractivity contribution in [3.8, 4) is 0 Å². The van der Waals surface area contributed by atoms with E-state index in [-0.39, 0.29) is 36.1 Å². The average molecular weight is 328 g/mol. The summed E-state index contributed by atoms with van der Waals surface area (Å²) in [6.07, 6.45) is 0.426. The van der Waals surface area contributed by atoms with Crippen LogP contribution < -0.4 is 0 Å². The Labute approximate surface area is 136 Å². The number of carbonyl (C=O) groups excluding carboxylic acids is 2. The quantitative estimate of drug-likeness (QED) is 0.784. The van der Waals surface area contributed by atoms with E-state index in [0.29, 0.717) is 32.7 Å². The van der Waals surface area contributed by atoms with Gasteiger partial charge in [-0.15, -0.1) is 12.4 Å². The van der Waals surface area contributed by atoms with Crippen LogP contribution in [0, 0.1) is 32.6 Å². The lowest BCUT2D eigenvalue weighted by Crippen LogP contribution is -2.31. The van der Waals surface area contributed by atoms with Gasteiger partial charge in [0.25, 0.3) is 0 Å². The van der Waals surface area contributed by atoms with Gasteiger partial charge in [-0.25, -0.2) is 0 Å². The Kier molecular flexibility index (Phi) is 4.80. The first-order chi connectivity index (χ1) is 9.97. The molecule has 1 aromatic rings. The zero-order valence-corrected chi connectivity index (χ0v) is 14.0. The van der Waals surface area contributed by atoms with Crippen LogP contribution in [0.3, 0.4) is 0 Å². The monoisotopic (exact) mass is 327 g/mol. The Balaban J connectivity index is 0.00000176. The molecule has 0 aromatic carbocycles. The highest BCUT2D eigenvalue weighted by Gasteiger charge is 2.45. The van der Waals surface area contributed by atoms with E-state index < -0.39 is 0 Å². The minimum atomic E-state index is -0.149.